The first-order chi connectivity index (χ1) is 14.4. The minimum Gasteiger partial charge on any atom is -0.324 e. The number of sulfonamides is 1. The third-order valence-corrected chi connectivity index (χ3v) is 8.26. The van der Waals surface area contributed by atoms with E-state index in [9.17, 15) is 18.0 Å². The average Bonchev–Trinajstić information content (AvgIpc) is 3.50. The van der Waals surface area contributed by atoms with E-state index < -0.39 is 10.0 Å². The van der Waals surface area contributed by atoms with Crippen LogP contribution < -0.4 is 11.0 Å². The van der Waals surface area contributed by atoms with Crippen LogP contribution in [0.5, 0.6) is 0 Å². The smallest absolute Gasteiger partial charge is 0.324 e. The van der Waals surface area contributed by atoms with Crippen LogP contribution in [0, 0.1) is 0 Å². The highest BCUT2D eigenvalue weighted by atomic mass is 35.5. The number of benzene rings is 1. The molecule has 2 heterocycles. The van der Waals surface area contributed by atoms with E-state index in [1.165, 1.54) is 22.5 Å². The van der Waals surface area contributed by atoms with E-state index in [0.29, 0.717) is 18.2 Å². The Morgan fingerprint density at radius 3 is 2.70 bits per heavy atom. The highest BCUT2D eigenvalue weighted by Crippen LogP contribution is 2.36. The zero-order chi connectivity index (χ0) is 21.3. The van der Waals surface area contributed by atoms with E-state index in [2.05, 4.69) is 15.5 Å². The van der Waals surface area contributed by atoms with Crippen LogP contribution in [-0.4, -0.2) is 52.2 Å². The van der Waals surface area contributed by atoms with Gasteiger partial charge in [0.15, 0.2) is 5.16 Å². The number of amides is 1. The first kappa shape index (κ1) is 21.4. The van der Waals surface area contributed by atoms with Gasteiger partial charge in [-0.2, -0.15) is 4.31 Å². The highest BCUT2D eigenvalue weighted by molar-refractivity contribution is 7.99. The monoisotopic (exact) mass is 471 g/mol. The lowest BCUT2D eigenvalue weighted by Gasteiger charge is -2.26. The Hall–Kier alpha value is -1.82. The van der Waals surface area contributed by atoms with E-state index in [4.69, 9.17) is 11.6 Å². The molecule has 2 N–H and O–H groups in total. The molecule has 0 bridgehead atoms. The maximum absolute atomic E-state index is 12.9. The van der Waals surface area contributed by atoms with Crippen molar-refractivity contribution in [3.05, 3.63) is 33.7 Å². The van der Waals surface area contributed by atoms with Crippen molar-refractivity contribution >= 4 is 45.0 Å². The summed E-state index contributed by atoms with van der Waals surface area (Å²) in [6.45, 7) is 0.991. The molecule has 0 atom stereocenters. The molecular weight excluding hydrogens is 450 g/mol. The molecule has 1 aromatic carbocycles. The van der Waals surface area contributed by atoms with Crippen molar-refractivity contribution in [2.75, 3.05) is 24.2 Å². The predicted octanol–water partition coefficient (Wildman–Crippen LogP) is 2.47. The van der Waals surface area contributed by atoms with Crippen molar-refractivity contribution in [2.24, 2.45) is 0 Å². The molecule has 1 amide bonds. The van der Waals surface area contributed by atoms with Crippen LogP contribution in [0.2, 0.25) is 5.02 Å². The summed E-state index contributed by atoms with van der Waals surface area (Å²) in [7, 11) is -3.63. The zero-order valence-electron chi connectivity index (χ0n) is 16.1. The van der Waals surface area contributed by atoms with Gasteiger partial charge in [-0.25, -0.2) is 18.3 Å². The summed E-state index contributed by atoms with van der Waals surface area (Å²) in [5.41, 5.74) is -0.0407. The summed E-state index contributed by atoms with van der Waals surface area (Å²) < 4.78 is 28.8. The molecular formula is C18H22ClN5O4S2. The molecule has 1 aliphatic carbocycles. The highest BCUT2D eigenvalue weighted by Gasteiger charge is 2.29. The number of thioether (sulfide) groups is 1. The number of hydrogen-bond donors (Lipinski definition) is 2. The van der Waals surface area contributed by atoms with Gasteiger partial charge in [0.25, 0.3) is 0 Å². The fourth-order valence-corrected chi connectivity index (χ4v) is 5.90. The third-order valence-electron chi connectivity index (χ3n) is 5.08. The van der Waals surface area contributed by atoms with Gasteiger partial charge in [0.05, 0.1) is 21.4 Å². The Morgan fingerprint density at radius 1 is 1.27 bits per heavy atom. The maximum Gasteiger partial charge on any atom is 0.344 e. The van der Waals surface area contributed by atoms with Crippen molar-refractivity contribution < 1.29 is 13.2 Å². The summed E-state index contributed by atoms with van der Waals surface area (Å²) >= 11 is 7.32. The van der Waals surface area contributed by atoms with Crippen LogP contribution in [0.1, 0.15) is 38.1 Å². The van der Waals surface area contributed by atoms with Crippen molar-refractivity contribution in [3.8, 4) is 0 Å². The van der Waals surface area contributed by atoms with Crippen LogP contribution in [0.25, 0.3) is 0 Å². The van der Waals surface area contributed by atoms with Crippen molar-refractivity contribution in [1.82, 2.24) is 19.1 Å². The first-order valence-corrected chi connectivity index (χ1v) is 12.6. The zero-order valence-corrected chi connectivity index (χ0v) is 18.5. The molecule has 1 aromatic heterocycles. The molecule has 1 saturated heterocycles. The lowest BCUT2D eigenvalue weighted by molar-refractivity contribution is -0.113. The van der Waals surface area contributed by atoms with Crippen LogP contribution in [-0.2, 0) is 14.8 Å². The molecule has 2 fully saturated rings. The van der Waals surface area contributed by atoms with Crippen molar-refractivity contribution in [1.29, 1.82) is 0 Å². The molecule has 2 aliphatic rings. The normalized spacial score (nSPS) is 17.8. The molecule has 162 valence electrons. The van der Waals surface area contributed by atoms with Gasteiger partial charge in [-0.05, 0) is 43.9 Å². The van der Waals surface area contributed by atoms with E-state index in [1.54, 1.807) is 4.57 Å². The number of aromatic nitrogens is 3. The van der Waals surface area contributed by atoms with Crippen LogP contribution in [0.3, 0.4) is 0 Å². The number of carbonyl (C=O) groups is 1. The number of H-pyrrole nitrogens is 1. The summed E-state index contributed by atoms with van der Waals surface area (Å²) in [4.78, 5) is 24.3. The molecule has 30 heavy (non-hydrogen) atoms. The van der Waals surface area contributed by atoms with Crippen molar-refractivity contribution in [3.63, 3.8) is 0 Å². The summed E-state index contributed by atoms with van der Waals surface area (Å²) in [6, 6.07) is 4.46. The molecule has 0 unspecified atom stereocenters. The summed E-state index contributed by atoms with van der Waals surface area (Å²) in [5.74, 6) is -0.358. The van der Waals surface area contributed by atoms with Crippen LogP contribution in [0.15, 0.2) is 33.0 Å². The van der Waals surface area contributed by atoms with Gasteiger partial charge in [0, 0.05) is 19.1 Å². The number of anilines is 1. The molecule has 9 nitrogen and oxygen atoms in total. The topological polar surface area (TPSA) is 117 Å². The first-order valence-electron chi connectivity index (χ1n) is 9.75. The molecule has 1 saturated carbocycles. The molecule has 12 heteroatoms. The van der Waals surface area contributed by atoms with E-state index in [-0.39, 0.29) is 39.0 Å². The number of aromatic amines is 1. The predicted molar refractivity (Wildman–Crippen MR) is 115 cm³/mol. The molecule has 1 aliphatic heterocycles. The lowest BCUT2D eigenvalue weighted by atomic mass is 10.2. The summed E-state index contributed by atoms with van der Waals surface area (Å²) in [6.07, 6.45) is 4.55. The van der Waals surface area contributed by atoms with Gasteiger partial charge >= 0.3 is 5.69 Å². The maximum atomic E-state index is 12.9. The standard InChI is InChI=1S/C18H22ClN5O4S2/c19-14-7-6-13(30(27,28)23-8-2-1-3-9-23)10-15(14)20-16(25)11-29-18-22-21-17(26)24(18)12-4-5-12/h6-7,10,12H,1-5,8-9,11H2,(H,20,25)(H,21,26). The average molecular weight is 472 g/mol. The number of nitrogens with zero attached hydrogens (tertiary/aromatic N) is 3. The summed E-state index contributed by atoms with van der Waals surface area (Å²) in [5, 5.41) is 9.76. The molecule has 4 rings (SSSR count). The SMILES string of the molecule is O=C(CSc1n[nH]c(=O)n1C1CC1)Nc1cc(S(=O)(=O)N2CCCCC2)ccc1Cl. The van der Waals surface area contributed by atoms with Gasteiger partial charge in [-0.15, -0.1) is 5.10 Å². The quantitative estimate of drug-likeness (QED) is 0.599. The largest absolute Gasteiger partial charge is 0.344 e. The second-order valence-corrected chi connectivity index (χ2v) is 10.6. The Morgan fingerprint density at radius 2 is 2.00 bits per heavy atom. The van der Waals surface area contributed by atoms with Gasteiger partial charge in [0.2, 0.25) is 15.9 Å². The number of carbonyl (C=O) groups excluding carboxylic acids is 1. The Bertz CT molecular complexity index is 1100. The molecule has 0 radical (unpaired) electrons. The molecule has 2 aromatic rings. The van der Waals surface area contributed by atoms with Crippen LogP contribution >= 0.6 is 23.4 Å². The number of nitrogens with one attached hydrogen (secondary N) is 2. The van der Waals surface area contributed by atoms with E-state index in [1.807, 2.05) is 0 Å². The Kier molecular flexibility index (Phi) is 6.24. The van der Waals surface area contributed by atoms with E-state index >= 15 is 0 Å². The fraction of sp³-hybridized carbons (Fsp3) is 0.500. The number of piperidine rings is 1. The van der Waals surface area contributed by atoms with Crippen molar-refractivity contribution in [2.45, 2.75) is 48.2 Å². The van der Waals surface area contributed by atoms with Gasteiger partial charge in [-0.1, -0.05) is 29.8 Å². The Balaban J connectivity index is 1.44. The number of halogens is 1. The van der Waals surface area contributed by atoms with E-state index in [0.717, 1.165) is 43.9 Å². The minimum atomic E-state index is -3.63. The second kappa shape index (κ2) is 8.74. The third kappa shape index (κ3) is 4.58. The minimum absolute atomic E-state index is 0.0104. The Labute approximate surface area is 183 Å². The van der Waals surface area contributed by atoms with Gasteiger partial charge < -0.3 is 5.32 Å². The fourth-order valence-electron chi connectivity index (χ4n) is 3.38. The van der Waals surface area contributed by atoms with Gasteiger partial charge in [0.1, 0.15) is 0 Å². The lowest BCUT2D eigenvalue weighted by Crippen LogP contribution is -2.35. The number of hydrogen-bond acceptors (Lipinski definition) is 6. The molecule has 0 spiro atoms. The van der Waals surface area contributed by atoms with Gasteiger partial charge in [-0.3, -0.25) is 9.36 Å². The number of rotatable bonds is 7. The van der Waals surface area contributed by atoms with Crippen LogP contribution in [0.4, 0.5) is 5.69 Å². The second-order valence-electron chi connectivity index (χ2n) is 7.36.